The molecule has 0 fully saturated rings. The molecule has 0 radical (unpaired) electrons. The van der Waals surface area contributed by atoms with Crippen LogP contribution in [0, 0.1) is 0 Å². The van der Waals surface area contributed by atoms with Gasteiger partial charge >= 0.3 is 4.83 Å². The maximum Gasteiger partial charge on any atom is 0.335 e. The molecule has 6 heteroatoms. The number of alkyl halides is 6. The van der Waals surface area contributed by atoms with E-state index in [2.05, 4.69) is 0 Å². The van der Waals surface area contributed by atoms with Crippen molar-refractivity contribution in [1.82, 2.24) is 0 Å². The molecule has 0 bridgehead atoms. The lowest BCUT2D eigenvalue weighted by atomic mass is 10.4. The summed E-state index contributed by atoms with van der Waals surface area (Å²) in [5.41, 5.74) is 0. The second kappa shape index (κ2) is 3.18. The average Bonchev–Trinajstić information content (AvgIpc) is 1.62. The Morgan fingerprint density at radius 2 is 1.56 bits per heavy atom. The summed E-state index contributed by atoms with van der Waals surface area (Å²) in [4.78, 5) is -3.80. The van der Waals surface area contributed by atoms with Gasteiger partial charge in [0.2, 0.25) is 6.17 Å². The average molecular weight is 274 g/mol. The third kappa shape index (κ3) is 3.40. The first-order valence-corrected chi connectivity index (χ1v) is 3.55. The zero-order valence-corrected chi connectivity index (χ0v) is 7.09. The van der Waals surface area contributed by atoms with Crippen molar-refractivity contribution in [2.45, 2.75) is 16.1 Å². The largest absolute Gasteiger partial charge is 0.335 e. The molecule has 2 unspecified atom stereocenters. The molecule has 0 N–H and O–H groups in total. The van der Waals surface area contributed by atoms with Gasteiger partial charge in [-0.25, -0.2) is 8.78 Å². The Labute approximate surface area is 65.9 Å². The third-order valence-corrected chi connectivity index (χ3v) is 1.44. The van der Waals surface area contributed by atoms with Crippen molar-refractivity contribution < 1.29 is 17.6 Å². The molecule has 2 atom stereocenters. The summed E-state index contributed by atoms with van der Waals surface area (Å²) in [6.45, 7) is 0. The summed E-state index contributed by atoms with van der Waals surface area (Å²) in [5.74, 6) is 0. The van der Waals surface area contributed by atoms with Gasteiger partial charge in [0.05, 0.1) is 0 Å². The molecule has 0 aromatic carbocycles. The molecule has 0 spiro atoms. The van der Waals surface area contributed by atoms with E-state index in [1.54, 1.807) is 15.9 Å². The maximum atomic E-state index is 11.8. The van der Waals surface area contributed by atoms with Gasteiger partial charge in [0.15, 0.2) is 5.08 Å². The van der Waals surface area contributed by atoms with Crippen LogP contribution in [0.3, 0.4) is 0 Å². The van der Waals surface area contributed by atoms with Crippen molar-refractivity contribution in [2.24, 2.45) is 0 Å². The molecular formula is C3H2Br2F4. The van der Waals surface area contributed by atoms with Crippen molar-refractivity contribution in [2.75, 3.05) is 0 Å². The standard InChI is InChI=1S/C3H2Br2F4/c4-2(7)1(6)3(5,8)9/h1-2H. The summed E-state index contributed by atoms with van der Waals surface area (Å²) in [5, 5.41) is -2.34. The summed E-state index contributed by atoms with van der Waals surface area (Å²) in [6.07, 6.45) is -2.85. The first-order valence-electron chi connectivity index (χ1n) is 1.84. The molecule has 0 heterocycles. The fraction of sp³-hybridized carbons (Fsp3) is 1.00. The van der Waals surface area contributed by atoms with Crippen LogP contribution in [0.2, 0.25) is 0 Å². The second-order valence-electron chi connectivity index (χ2n) is 1.28. The molecule has 0 aliphatic heterocycles. The van der Waals surface area contributed by atoms with E-state index in [0.29, 0.717) is 0 Å². The number of hydrogen-bond donors (Lipinski definition) is 0. The molecule has 0 aliphatic carbocycles. The summed E-state index contributed by atoms with van der Waals surface area (Å²) < 4.78 is 46.7. The smallest absolute Gasteiger partial charge is 0.236 e. The number of halogens is 6. The monoisotopic (exact) mass is 272 g/mol. The molecule has 0 amide bonds. The minimum Gasteiger partial charge on any atom is -0.236 e. The van der Waals surface area contributed by atoms with Crippen LogP contribution in [-0.4, -0.2) is 16.1 Å². The van der Waals surface area contributed by atoms with E-state index in [9.17, 15) is 17.6 Å². The molecule has 0 aromatic heterocycles. The fourth-order valence-electron chi connectivity index (χ4n) is 0.143. The van der Waals surface area contributed by atoms with Gasteiger partial charge in [-0.15, -0.1) is 0 Å². The van der Waals surface area contributed by atoms with Gasteiger partial charge in [0.1, 0.15) is 0 Å². The molecule has 56 valence electrons. The lowest BCUT2D eigenvalue weighted by Gasteiger charge is -2.12. The van der Waals surface area contributed by atoms with Gasteiger partial charge in [-0.1, -0.05) is 0 Å². The van der Waals surface area contributed by atoms with Crippen molar-refractivity contribution >= 4 is 31.9 Å². The fourth-order valence-corrected chi connectivity index (χ4v) is 1.06. The predicted octanol–water partition coefficient (Wildman–Crippen LogP) is 3.00. The Morgan fingerprint density at radius 1 is 1.22 bits per heavy atom. The lowest BCUT2D eigenvalue weighted by molar-refractivity contribution is 0.00376. The van der Waals surface area contributed by atoms with Gasteiger partial charge in [-0.3, -0.25) is 0 Å². The Bertz CT molecular complexity index is 88.3. The second-order valence-corrected chi connectivity index (χ2v) is 3.21. The van der Waals surface area contributed by atoms with Gasteiger partial charge in [0.25, 0.3) is 0 Å². The Morgan fingerprint density at radius 3 is 1.56 bits per heavy atom. The van der Waals surface area contributed by atoms with Crippen LogP contribution in [0.5, 0.6) is 0 Å². The van der Waals surface area contributed by atoms with Crippen molar-refractivity contribution in [3.8, 4) is 0 Å². The van der Waals surface area contributed by atoms with Crippen LogP contribution in [0.4, 0.5) is 17.6 Å². The molecule has 9 heavy (non-hydrogen) atoms. The van der Waals surface area contributed by atoms with Crippen molar-refractivity contribution in [3.05, 3.63) is 0 Å². The maximum absolute atomic E-state index is 11.8. The van der Waals surface area contributed by atoms with Crippen LogP contribution < -0.4 is 0 Å². The molecule has 0 saturated heterocycles. The third-order valence-electron chi connectivity index (χ3n) is 0.534. The van der Waals surface area contributed by atoms with E-state index in [-0.39, 0.29) is 0 Å². The number of rotatable bonds is 2. The minimum atomic E-state index is -3.80. The summed E-state index contributed by atoms with van der Waals surface area (Å²) in [6, 6.07) is 0. The number of hydrogen-bond acceptors (Lipinski definition) is 0. The van der Waals surface area contributed by atoms with Crippen LogP contribution in [0.1, 0.15) is 0 Å². The van der Waals surface area contributed by atoms with Crippen molar-refractivity contribution in [1.29, 1.82) is 0 Å². The molecule has 0 saturated carbocycles. The Kier molecular flexibility index (Phi) is 3.42. The highest BCUT2D eigenvalue weighted by Crippen LogP contribution is 2.33. The van der Waals surface area contributed by atoms with Crippen molar-refractivity contribution in [3.63, 3.8) is 0 Å². The Balaban J connectivity index is 3.88. The van der Waals surface area contributed by atoms with Crippen LogP contribution >= 0.6 is 31.9 Å². The van der Waals surface area contributed by atoms with Crippen LogP contribution in [-0.2, 0) is 0 Å². The SMILES string of the molecule is FC(Br)C(F)C(F)(F)Br. The highest BCUT2D eigenvalue weighted by Gasteiger charge is 2.41. The highest BCUT2D eigenvalue weighted by atomic mass is 79.9. The van der Waals surface area contributed by atoms with E-state index in [1.807, 2.05) is 15.9 Å². The topological polar surface area (TPSA) is 0 Å². The van der Waals surface area contributed by atoms with E-state index in [4.69, 9.17) is 0 Å². The highest BCUT2D eigenvalue weighted by molar-refractivity contribution is 9.10. The first-order chi connectivity index (χ1) is 3.85. The summed E-state index contributed by atoms with van der Waals surface area (Å²) >= 11 is 3.69. The van der Waals surface area contributed by atoms with Gasteiger partial charge in [-0.2, -0.15) is 8.78 Å². The van der Waals surface area contributed by atoms with E-state index in [1.165, 1.54) is 0 Å². The van der Waals surface area contributed by atoms with Crippen LogP contribution in [0.25, 0.3) is 0 Å². The zero-order valence-electron chi connectivity index (χ0n) is 3.92. The Hall–Kier alpha value is 0.680. The van der Waals surface area contributed by atoms with Crippen LogP contribution in [0.15, 0.2) is 0 Å². The van der Waals surface area contributed by atoms with E-state index < -0.39 is 16.1 Å². The molecule has 0 nitrogen and oxygen atoms in total. The van der Waals surface area contributed by atoms with E-state index in [0.717, 1.165) is 0 Å². The molecule has 0 aromatic rings. The molecular weight excluding hydrogens is 272 g/mol. The van der Waals surface area contributed by atoms with Gasteiger partial charge < -0.3 is 0 Å². The quantitative estimate of drug-likeness (QED) is 0.536. The van der Waals surface area contributed by atoms with E-state index >= 15 is 0 Å². The molecule has 0 rings (SSSR count). The van der Waals surface area contributed by atoms with Gasteiger partial charge in [0, 0.05) is 0 Å². The molecule has 0 aliphatic rings. The predicted molar refractivity (Wildman–Crippen MR) is 32.6 cm³/mol. The minimum absolute atomic E-state index is 1.67. The normalized spacial score (nSPS) is 19.3. The van der Waals surface area contributed by atoms with Gasteiger partial charge in [-0.05, 0) is 31.9 Å². The first kappa shape index (κ1) is 9.68. The zero-order chi connectivity index (χ0) is 7.65. The summed E-state index contributed by atoms with van der Waals surface area (Å²) in [7, 11) is 0. The lowest BCUT2D eigenvalue weighted by Crippen LogP contribution is -2.28.